The first kappa shape index (κ1) is 16.5. The SMILES string of the molecule is C=C[C@H](CC(=O)OC(C)(C)C)[C@H]1COC2(CCCCC2)O1. The van der Waals surface area contributed by atoms with Crippen molar-refractivity contribution in [2.24, 2.45) is 5.92 Å². The minimum Gasteiger partial charge on any atom is -0.460 e. The predicted octanol–water partition coefficient (Wildman–Crippen LogP) is 3.60. The molecule has 2 atom stereocenters. The molecule has 21 heavy (non-hydrogen) atoms. The highest BCUT2D eigenvalue weighted by Crippen LogP contribution is 2.40. The first-order valence-corrected chi connectivity index (χ1v) is 8.00. The molecule has 4 nitrogen and oxygen atoms in total. The molecule has 0 aromatic rings. The average Bonchev–Trinajstić information content (AvgIpc) is 2.78. The van der Waals surface area contributed by atoms with E-state index in [1.54, 1.807) is 6.08 Å². The molecule has 0 N–H and O–H groups in total. The molecule has 120 valence electrons. The fourth-order valence-corrected chi connectivity index (χ4v) is 3.08. The maximum Gasteiger partial charge on any atom is 0.307 e. The molecule has 2 aliphatic rings. The summed E-state index contributed by atoms with van der Waals surface area (Å²) in [6.07, 6.45) is 7.47. The first-order valence-electron chi connectivity index (χ1n) is 8.00. The summed E-state index contributed by atoms with van der Waals surface area (Å²) < 4.78 is 17.5. The maximum atomic E-state index is 12.0. The van der Waals surface area contributed by atoms with E-state index < -0.39 is 11.4 Å². The van der Waals surface area contributed by atoms with E-state index in [9.17, 15) is 4.79 Å². The van der Waals surface area contributed by atoms with Crippen LogP contribution in [-0.2, 0) is 19.0 Å². The Morgan fingerprint density at radius 1 is 1.38 bits per heavy atom. The van der Waals surface area contributed by atoms with E-state index >= 15 is 0 Å². The number of ether oxygens (including phenoxy) is 3. The molecule has 0 amide bonds. The van der Waals surface area contributed by atoms with Crippen LogP contribution in [0.25, 0.3) is 0 Å². The summed E-state index contributed by atoms with van der Waals surface area (Å²) in [6, 6.07) is 0. The Kier molecular flexibility index (Phi) is 5.10. The lowest BCUT2D eigenvalue weighted by atomic mass is 9.94. The number of hydrogen-bond donors (Lipinski definition) is 0. The number of carbonyl (C=O) groups excluding carboxylic acids is 1. The Balaban J connectivity index is 1.90. The highest BCUT2D eigenvalue weighted by Gasteiger charge is 2.44. The van der Waals surface area contributed by atoms with Crippen LogP contribution in [-0.4, -0.2) is 30.1 Å². The topological polar surface area (TPSA) is 44.8 Å². The molecule has 0 bridgehead atoms. The van der Waals surface area contributed by atoms with Gasteiger partial charge in [0.05, 0.1) is 19.1 Å². The zero-order valence-electron chi connectivity index (χ0n) is 13.5. The van der Waals surface area contributed by atoms with Gasteiger partial charge in [0.25, 0.3) is 0 Å². The van der Waals surface area contributed by atoms with E-state index in [-0.39, 0.29) is 18.0 Å². The Morgan fingerprint density at radius 2 is 2.05 bits per heavy atom. The highest BCUT2D eigenvalue weighted by molar-refractivity contribution is 5.70. The molecule has 1 saturated carbocycles. The second kappa shape index (κ2) is 6.49. The van der Waals surface area contributed by atoms with Crippen molar-refractivity contribution in [2.75, 3.05) is 6.61 Å². The van der Waals surface area contributed by atoms with Gasteiger partial charge in [0.15, 0.2) is 5.79 Å². The van der Waals surface area contributed by atoms with Gasteiger partial charge in [-0.2, -0.15) is 0 Å². The molecule has 1 saturated heterocycles. The van der Waals surface area contributed by atoms with Crippen LogP contribution in [0.1, 0.15) is 59.3 Å². The first-order chi connectivity index (χ1) is 9.84. The van der Waals surface area contributed by atoms with Crippen LogP contribution in [0.15, 0.2) is 12.7 Å². The lowest BCUT2D eigenvalue weighted by molar-refractivity contribution is -0.191. The highest BCUT2D eigenvalue weighted by atomic mass is 16.7. The van der Waals surface area contributed by atoms with Crippen LogP contribution in [0.4, 0.5) is 0 Å². The Labute approximate surface area is 127 Å². The van der Waals surface area contributed by atoms with E-state index in [1.165, 1.54) is 6.42 Å². The normalized spacial score (nSPS) is 26.5. The van der Waals surface area contributed by atoms with Gasteiger partial charge in [0.1, 0.15) is 5.60 Å². The van der Waals surface area contributed by atoms with E-state index in [4.69, 9.17) is 14.2 Å². The molecule has 2 rings (SSSR count). The number of esters is 1. The molecule has 4 heteroatoms. The van der Waals surface area contributed by atoms with Crippen molar-refractivity contribution in [1.29, 1.82) is 0 Å². The third kappa shape index (κ3) is 4.55. The van der Waals surface area contributed by atoms with Crippen molar-refractivity contribution in [3.8, 4) is 0 Å². The minimum atomic E-state index is -0.458. The van der Waals surface area contributed by atoms with E-state index in [1.807, 2.05) is 20.8 Å². The summed E-state index contributed by atoms with van der Waals surface area (Å²) in [7, 11) is 0. The van der Waals surface area contributed by atoms with Gasteiger partial charge in [-0.15, -0.1) is 6.58 Å². The summed E-state index contributed by atoms with van der Waals surface area (Å²) in [5, 5.41) is 0. The smallest absolute Gasteiger partial charge is 0.307 e. The number of carbonyl (C=O) groups is 1. The quantitative estimate of drug-likeness (QED) is 0.587. The largest absolute Gasteiger partial charge is 0.460 e. The van der Waals surface area contributed by atoms with Gasteiger partial charge in [-0.1, -0.05) is 12.5 Å². The van der Waals surface area contributed by atoms with Crippen molar-refractivity contribution in [3.05, 3.63) is 12.7 Å². The average molecular weight is 296 g/mol. The van der Waals surface area contributed by atoms with Gasteiger partial charge in [-0.05, 0) is 33.6 Å². The van der Waals surface area contributed by atoms with Gasteiger partial charge in [-0.25, -0.2) is 0 Å². The third-order valence-electron chi connectivity index (χ3n) is 4.09. The summed E-state index contributed by atoms with van der Waals surface area (Å²) in [5.74, 6) is -0.667. The molecular weight excluding hydrogens is 268 g/mol. The maximum absolute atomic E-state index is 12.0. The van der Waals surface area contributed by atoms with E-state index in [2.05, 4.69) is 6.58 Å². The molecule has 0 aromatic carbocycles. The van der Waals surface area contributed by atoms with Crippen LogP contribution < -0.4 is 0 Å². The van der Waals surface area contributed by atoms with Crippen LogP contribution in [0.5, 0.6) is 0 Å². The molecule has 0 aromatic heterocycles. The van der Waals surface area contributed by atoms with Crippen molar-refractivity contribution in [3.63, 3.8) is 0 Å². The lowest BCUT2D eigenvalue weighted by Gasteiger charge is -2.32. The van der Waals surface area contributed by atoms with Crippen LogP contribution in [0, 0.1) is 5.92 Å². The fraction of sp³-hybridized carbons (Fsp3) is 0.824. The van der Waals surface area contributed by atoms with Gasteiger partial charge >= 0.3 is 5.97 Å². The van der Waals surface area contributed by atoms with Gasteiger partial charge in [0.2, 0.25) is 0 Å². The molecule has 1 aliphatic carbocycles. The van der Waals surface area contributed by atoms with Crippen molar-refractivity contribution in [1.82, 2.24) is 0 Å². The van der Waals surface area contributed by atoms with Crippen LogP contribution >= 0.6 is 0 Å². The predicted molar refractivity (Wildman–Crippen MR) is 80.8 cm³/mol. The molecule has 1 heterocycles. The summed E-state index contributed by atoms with van der Waals surface area (Å²) >= 11 is 0. The monoisotopic (exact) mass is 296 g/mol. The molecular formula is C17H28O4. The Bertz CT molecular complexity index is 377. The summed E-state index contributed by atoms with van der Waals surface area (Å²) in [6.45, 7) is 10.0. The standard InChI is InChI=1S/C17H28O4/c1-5-13(11-15(18)21-16(2,3)4)14-12-19-17(20-14)9-7-6-8-10-17/h5,13-14H,1,6-12H2,2-4H3/t13-,14-/m1/s1. The van der Waals surface area contributed by atoms with Crippen LogP contribution in [0.3, 0.4) is 0 Å². The summed E-state index contributed by atoms with van der Waals surface area (Å²) in [4.78, 5) is 12.0. The fourth-order valence-electron chi connectivity index (χ4n) is 3.08. The Morgan fingerprint density at radius 3 is 2.62 bits per heavy atom. The second-order valence-corrected chi connectivity index (χ2v) is 7.13. The molecule has 0 unspecified atom stereocenters. The molecule has 0 radical (unpaired) electrons. The van der Waals surface area contributed by atoms with E-state index in [0.717, 1.165) is 25.7 Å². The van der Waals surface area contributed by atoms with Gasteiger partial charge in [-0.3, -0.25) is 4.79 Å². The zero-order chi connectivity index (χ0) is 15.5. The molecule has 1 aliphatic heterocycles. The molecule has 1 spiro atoms. The van der Waals surface area contributed by atoms with Crippen molar-refractivity contribution in [2.45, 2.75) is 76.8 Å². The van der Waals surface area contributed by atoms with Crippen molar-refractivity contribution < 1.29 is 19.0 Å². The number of rotatable bonds is 4. The molecule has 2 fully saturated rings. The Hall–Kier alpha value is -0.870. The second-order valence-electron chi connectivity index (χ2n) is 7.13. The van der Waals surface area contributed by atoms with E-state index in [0.29, 0.717) is 13.0 Å². The van der Waals surface area contributed by atoms with Crippen LogP contribution in [0.2, 0.25) is 0 Å². The number of hydrogen-bond acceptors (Lipinski definition) is 4. The zero-order valence-corrected chi connectivity index (χ0v) is 13.5. The van der Waals surface area contributed by atoms with Gasteiger partial charge in [0, 0.05) is 18.8 Å². The lowest BCUT2D eigenvalue weighted by Crippen LogP contribution is -2.35. The summed E-state index contributed by atoms with van der Waals surface area (Å²) in [5.41, 5.74) is -0.458. The minimum absolute atomic E-state index is 0.0545. The van der Waals surface area contributed by atoms with Gasteiger partial charge < -0.3 is 14.2 Å². The van der Waals surface area contributed by atoms with Crippen molar-refractivity contribution >= 4 is 5.97 Å². The third-order valence-corrected chi connectivity index (χ3v) is 4.09.